The minimum Gasteiger partial charge on any atom is -0.391 e. The van der Waals surface area contributed by atoms with E-state index in [4.69, 9.17) is 9.05 Å². The van der Waals surface area contributed by atoms with Crippen molar-refractivity contribution in [3.8, 4) is 0 Å². The summed E-state index contributed by atoms with van der Waals surface area (Å²) in [6, 6.07) is -0.760. The van der Waals surface area contributed by atoms with Crippen molar-refractivity contribution >= 4 is 13.7 Å². The molecule has 0 saturated carbocycles. The Labute approximate surface area is 399 Å². The SMILES string of the molecule is CCCCCCCC/C=C\CCCCCCCCCC(=O)NC(COP(=O)(O)OCC[N+](C)(C)C)C(O)CCCCCCCCCCCCCCCCCCCCCCCCCCC. The van der Waals surface area contributed by atoms with Crippen LogP contribution in [0, 0.1) is 0 Å². The molecule has 9 heteroatoms. The molecule has 0 heterocycles. The summed E-state index contributed by atoms with van der Waals surface area (Å²) in [5, 5.41) is 14.1. The molecule has 3 N–H and O–H groups in total. The molecule has 0 radical (unpaired) electrons. The first-order valence-corrected chi connectivity index (χ1v) is 29.5. The number of aliphatic hydroxyl groups excluding tert-OH is 1. The van der Waals surface area contributed by atoms with E-state index in [0.717, 1.165) is 38.5 Å². The highest BCUT2D eigenvalue weighted by atomic mass is 31.2. The van der Waals surface area contributed by atoms with Gasteiger partial charge in [0.2, 0.25) is 5.91 Å². The summed E-state index contributed by atoms with van der Waals surface area (Å²) in [4.78, 5) is 23.3. The molecule has 0 aliphatic rings. The van der Waals surface area contributed by atoms with Crippen molar-refractivity contribution in [1.29, 1.82) is 0 Å². The summed E-state index contributed by atoms with van der Waals surface area (Å²) >= 11 is 0. The number of hydrogen-bond acceptors (Lipinski definition) is 5. The lowest BCUT2D eigenvalue weighted by molar-refractivity contribution is -0.870. The Hall–Kier alpha value is -0.760. The zero-order valence-corrected chi connectivity index (χ0v) is 44.4. The number of carbonyl (C=O) groups excluding carboxylic acids is 1. The van der Waals surface area contributed by atoms with Gasteiger partial charge in [0.25, 0.3) is 0 Å². The van der Waals surface area contributed by atoms with Gasteiger partial charge in [0.05, 0.1) is 39.9 Å². The second-order valence-electron chi connectivity index (χ2n) is 20.7. The topological polar surface area (TPSA) is 105 Å². The van der Waals surface area contributed by atoms with Crippen LogP contribution in [0.4, 0.5) is 0 Å². The summed E-state index contributed by atoms with van der Waals surface area (Å²) in [6.07, 6.45) is 56.9. The molecular formula is C55H112N2O6P+. The Bertz CT molecular complexity index is 1050. The third-order valence-corrected chi connectivity index (χ3v) is 14.0. The van der Waals surface area contributed by atoms with Crippen LogP contribution >= 0.6 is 7.82 Å². The van der Waals surface area contributed by atoms with E-state index in [1.54, 1.807) is 0 Å². The monoisotopic (exact) mass is 928 g/mol. The summed E-state index contributed by atoms with van der Waals surface area (Å²) in [5.74, 6) is -0.145. The second kappa shape index (κ2) is 47.3. The fourth-order valence-corrected chi connectivity index (χ4v) is 9.31. The first-order chi connectivity index (χ1) is 31.0. The summed E-state index contributed by atoms with van der Waals surface area (Å²) in [7, 11) is 1.63. The van der Waals surface area contributed by atoms with Gasteiger partial charge in [-0.3, -0.25) is 13.8 Å². The summed E-state index contributed by atoms with van der Waals surface area (Å²) in [6.45, 7) is 4.92. The predicted octanol–water partition coefficient (Wildman–Crippen LogP) is 16.7. The smallest absolute Gasteiger partial charge is 0.391 e. The number of nitrogens with zero attached hydrogens (tertiary/aromatic N) is 1. The number of unbranched alkanes of at least 4 members (excludes halogenated alkanes) is 37. The van der Waals surface area contributed by atoms with Crippen molar-refractivity contribution in [2.75, 3.05) is 40.9 Å². The molecule has 0 aromatic carbocycles. The maximum Gasteiger partial charge on any atom is 0.472 e. The first kappa shape index (κ1) is 63.2. The van der Waals surface area contributed by atoms with Crippen LogP contribution in [-0.4, -0.2) is 73.4 Å². The minimum absolute atomic E-state index is 0.0762. The molecule has 3 unspecified atom stereocenters. The fraction of sp³-hybridized carbons (Fsp3) is 0.945. The van der Waals surface area contributed by atoms with Gasteiger partial charge in [-0.25, -0.2) is 4.57 Å². The van der Waals surface area contributed by atoms with E-state index in [0.29, 0.717) is 23.9 Å². The van der Waals surface area contributed by atoms with Crippen molar-refractivity contribution in [3.05, 3.63) is 12.2 Å². The number of amides is 1. The minimum atomic E-state index is -4.32. The van der Waals surface area contributed by atoms with Gasteiger partial charge >= 0.3 is 7.82 Å². The molecule has 0 aromatic rings. The van der Waals surface area contributed by atoms with Crippen molar-refractivity contribution in [2.24, 2.45) is 0 Å². The van der Waals surface area contributed by atoms with E-state index in [9.17, 15) is 19.4 Å². The normalized spacial score (nSPS) is 14.0. The third kappa shape index (κ3) is 49.2. The molecule has 1 amide bonds. The van der Waals surface area contributed by atoms with Crippen LogP contribution in [0.5, 0.6) is 0 Å². The second-order valence-corrected chi connectivity index (χ2v) is 22.1. The highest BCUT2D eigenvalue weighted by molar-refractivity contribution is 7.47. The highest BCUT2D eigenvalue weighted by Gasteiger charge is 2.28. The molecule has 0 bridgehead atoms. The van der Waals surface area contributed by atoms with Crippen molar-refractivity contribution in [1.82, 2.24) is 5.32 Å². The van der Waals surface area contributed by atoms with Gasteiger partial charge in [-0.05, 0) is 38.5 Å². The number of phosphoric ester groups is 1. The number of rotatable bonds is 52. The van der Waals surface area contributed by atoms with Gasteiger partial charge in [0.15, 0.2) is 0 Å². The van der Waals surface area contributed by atoms with Crippen molar-refractivity contribution < 1.29 is 32.9 Å². The van der Waals surface area contributed by atoms with E-state index in [2.05, 4.69) is 31.3 Å². The number of aliphatic hydroxyl groups is 1. The third-order valence-electron chi connectivity index (χ3n) is 13.0. The molecule has 8 nitrogen and oxygen atoms in total. The lowest BCUT2D eigenvalue weighted by Gasteiger charge is -2.26. The Morgan fingerprint density at radius 1 is 0.516 bits per heavy atom. The molecule has 0 spiro atoms. The zero-order chi connectivity index (χ0) is 47.1. The number of allylic oxidation sites excluding steroid dienone is 2. The standard InChI is InChI=1S/C55H111N2O6P/c1-6-8-10-12-14-16-18-20-22-24-25-26-27-28-29-30-31-33-34-36-38-40-42-44-46-48-54(58)53(52-63-64(60,61)62-51-50-57(3,4)5)56-55(59)49-47-45-43-41-39-37-35-32-23-21-19-17-15-13-11-9-7-2/h21,23,53-54,58H,6-20,22,24-52H2,1-5H3,(H-,56,59,60,61)/p+1/b23-21-. The first-order valence-electron chi connectivity index (χ1n) is 28.1. The van der Waals surface area contributed by atoms with Gasteiger partial charge in [-0.15, -0.1) is 0 Å². The van der Waals surface area contributed by atoms with E-state index in [-0.39, 0.29) is 19.1 Å². The molecule has 0 fully saturated rings. The molecule has 0 rings (SSSR count). The van der Waals surface area contributed by atoms with Crippen LogP contribution in [0.1, 0.15) is 284 Å². The van der Waals surface area contributed by atoms with Crippen LogP contribution in [-0.2, 0) is 18.4 Å². The zero-order valence-electron chi connectivity index (χ0n) is 43.6. The van der Waals surface area contributed by atoms with E-state index in [1.807, 2.05) is 21.1 Å². The lowest BCUT2D eigenvalue weighted by atomic mass is 10.0. The van der Waals surface area contributed by atoms with Gasteiger partial charge in [0.1, 0.15) is 13.2 Å². The highest BCUT2D eigenvalue weighted by Crippen LogP contribution is 2.43. The van der Waals surface area contributed by atoms with Gasteiger partial charge in [-0.1, -0.05) is 251 Å². The molecule has 0 aliphatic heterocycles. The summed E-state index contributed by atoms with van der Waals surface area (Å²) < 4.78 is 23.8. The van der Waals surface area contributed by atoms with Gasteiger partial charge < -0.3 is 19.8 Å². The lowest BCUT2D eigenvalue weighted by Crippen LogP contribution is -2.46. The van der Waals surface area contributed by atoms with Crippen LogP contribution in [0.3, 0.4) is 0 Å². The number of quaternary nitrogens is 1. The van der Waals surface area contributed by atoms with Gasteiger partial charge in [-0.2, -0.15) is 0 Å². The summed E-state index contributed by atoms with van der Waals surface area (Å²) in [5.41, 5.74) is 0. The number of hydrogen-bond donors (Lipinski definition) is 3. The van der Waals surface area contributed by atoms with Crippen LogP contribution in [0.2, 0.25) is 0 Å². The Morgan fingerprint density at radius 3 is 1.20 bits per heavy atom. The maximum atomic E-state index is 13.0. The number of carbonyl (C=O) groups is 1. The fourth-order valence-electron chi connectivity index (χ4n) is 8.57. The van der Waals surface area contributed by atoms with Crippen molar-refractivity contribution in [3.63, 3.8) is 0 Å². The molecule has 0 aromatic heterocycles. The van der Waals surface area contributed by atoms with Crippen LogP contribution in [0.25, 0.3) is 0 Å². The van der Waals surface area contributed by atoms with Crippen molar-refractivity contribution in [2.45, 2.75) is 296 Å². The Kier molecular flexibility index (Phi) is 46.8. The van der Waals surface area contributed by atoms with Crippen LogP contribution < -0.4 is 5.32 Å². The molecule has 64 heavy (non-hydrogen) atoms. The quantitative estimate of drug-likeness (QED) is 0.0243. The Morgan fingerprint density at radius 2 is 0.844 bits per heavy atom. The van der Waals surface area contributed by atoms with Gasteiger partial charge in [0, 0.05) is 6.42 Å². The molecule has 0 saturated heterocycles. The number of nitrogens with one attached hydrogen (secondary N) is 1. The molecular weight excluding hydrogens is 816 g/mol. The average Bonchev–Trinajstić information content (AvgIpc) is 3.25. The molecule has 382 valence electrons. The maximum absolute atomic E-state index is 13.0. The van der Waals surface area contributed by atoms with E-state index < -0.39 is 20.0 Å². The number of likely N-dealkylation sites (N-methyl/N-ethyl adjacent to an activating group) is 1. The number of phosphoric acid groups is 1. The van der Waals surface area contributed by atoms with Crippen LogP contribution in [0.15, 0.2) is 12.2 Å². The Balaban J connectivity index is 4.15. The van der Waals surface area contributed by atoms with E-state index in [1.165, 1.54) is 218 Å². The van der Waals surface area contributed by atoms with E-state index >= 15 is 0 Å². The molecule has 0 aliphatic carbocycles. The molecule has 3 atom stereocenters. The largest absolute Gasteiger partial charge is 0.472 e. The average molecular weight is 928 g/mol. The predicted molar refractivity (Wildman–Crippen MR) is 277 cm³/mol.